The number of aliphatic imine (C=N–C) groups is 1. The van der Waals surface area contributed by atoms with Crippen molar-refractivity contribution in [2.45, 2.75) is 19.4 Å². The summed E-state index contributed by atoms with van der Waals surface area (Å²) in [4.78, 5) is 29.0. The number of guanidine groups is 1. The molecule has 2 N–H and O–H groups in total. The normalized spacial score (nSPS) is 16.1. The van der Waals surface area contributed by atoms with Gasteiger partial charge in [-0.2, -0.15) is 0 Å². The van der Waals surface area contributed by atoms with Gasteiger partial charge in [0.15, 0.2) is 0 Å². The van der Waals surface area contributed by atoms with E-state index in [0.717, 1.165) is 11.3 Å². The molecule has 2 aromatic rings. The van der Waals surface area contributed by atoms with Crippen LogP contribution < -0.4 is 20.1 Å². The van der Waals surface area contributed by atoms with Crippen molar-refractivity contribution >= 4 is 17.8 Å². The molecule has 0 bridgehead atoms. The molecular formula is C20H21N3O4. The minimum atomic E-state index is -0.375. The molecule has 0 aromatic heterocycles. The van der Waals surface area contributed by atoms with Crippen LogP contribution in [-0.2, 0) is 4.79 Å². The van der Waals surface area contributed by atoms with Gasteiger partial charge in [0.05, 0.1) is 26.2 Å². The van der Waals surface area contributed by atoms with Crippen molar-refractivity contribution in [2.75, 3.05) is 13.7 Å². The molecule has 7 heteroatoms. The summed E-state index contributed by atoms with van der Waals surface area (Å²) in [7, 11) is 1.53. The zero-order chi connectivity index (χ0) is 19.2. The first-order valence-corrected chi connectivity index (χ1v) is 8.65. The van der Waals surface area contributed by atoms with Crippen LogP contribution in [0.1, 0.15) is 35.3 Å². The van der Waals surface area contributed by atoms with Gasteiger partial charge in [0, 0.05) is 5.56 Å². The molecular weight excluding hydrogens is 346 g/mol. The Balaban J connectivity index is 1.76. The summed E-state index contributed by atoms with van der Waals surface area (Å²) in [6.45, 7) is 2.50. The van der Waals surface area contributed by atoms with Crippen molar-refractivity contribution in [1.82, 2.24) is 10.6 Å². The van der Waals surface area contributed by atoms with E-state index >= 15 is 0 Å². The van der Waals surface area contributed by atoms with Gasteiger partial charge >= 0.3 is 0 Å². The average molecular weight is 367 g/mol. The van der Waals surface area contributed by atoms with Gasteiger partial charge in [0.2, 0.25) is 11.9 Å². The molecule has 1 atom stereocenters. The fraction of sp³-hybridized carbons (Fsp3) is 0.250. The Morgan fingerprint density at radius 2 is 2.00 bits per heavy atom. The molecule has 7 nitrogen and oxygen atoms in total. The molecule has 0 saturated heterocycles. The molecule has 2 aromatic carbocycles. The summed E-state index contributed by atoms with van der Waals surface area (Å²) in [5.41, 5.74) is 1.29. The van der Waals surface area contributed by atoms with Crippen molar-refractivity contribution in [3.63, 3.8) is 0 Å². The van der Waals surface area contributed by atoms with E-state index < -0.39 is 0 Å². The van der Waals surface area contributed by atoms with Crippen molar-refractivity contribution in [3.05, 3.63) is 59.7 Å². The van der Waals surface area contributed by atoms with E-state index in [1.807, 2.05) is 31.2 Å². The van der Waals surface area contributed by atoms with Crippen molar-refractivity contribution < 1.29 is 19.1 Å². The number of nitrogens with zero attached hydrogens (tertiary/aromatic N) is 1. The molecule has 0 aliphatic carbocycles. The topological polar surface area (TPSA) is 89.0 Å². The third-order valence-electron chi connectivity index (χ3n) is 4.06. The SMILES string of the molecule is CCOc1ccc([C@H]2CC(=O)NC(NC(=O)c3cccc(OC)c3)=N2)cc1. The summed E-state index contributed by atoms with van der Waals surface area (Å²) in [5.74, 6) is 0.893. The number of hydrogen-bond donors (Lipinski definition) is 2. The van der Waals surface area contributed by atoms with E-state index in [0.29, 0.717) is 17.9 Å². The lowest BCUT2D eigenvalue weighted by molar-refractivity contribution is -0.120. The highest BCUT2D eigenvalue weighted by molar-refractivity contribution is 6.10. The van der Waals surface area contributed by atoms with Crippen LogP contribution in [0, 0.1) is 0 Å². The Morgan fingerprint density at radius 1 is 1.22 bits per heavy atom. The zero-order valence-electron chi connectivity index (χ0n) is 15.2. The van der Waals surface area contributed by atoms with Crippen LogP contribution in [0.25, 0.3) is 0 Å². The first kappa shape index (κ1) is 18.4. The molecule has 0 radical (unpaired) electrons. The molecule has 1 aliphatic heterocycles. The standard InChI is InChI=1S/C20H21N3O4/c1-3-27-15-9-7-13(8-10-15)17-12-18(24)22-20(21-17)23-19(25)14-5-4-6-16(11-14)26-2/h4-11,17H,3,12H2,1-2H3,(H2,21,22,23,24,25)/t17-/m1/s1. The number of carbonyl (C=O) groups excluding carboxylic acids is 2. The second-order valence-corrected chi connectivity index (χ2v) is 5.93. The molecule has 3 rings (SSSR count). The van der Waals surface area contributed by atoms with E-state index in [2.05, 4.69) is 15.6 Å². The van der Waals surface area contributed by atoms with Crippen LogP contribution in [0.5, 0.6) is 11.5 Å². The van der Waals surface area contributed by atoms with Crippen LogP contribution in [0.4, 0.5) is 0 Å². The van der Waals surface area contributed by atoms with E-state index in [4.69, 9.17) is 9.47 Å². The maximum atomic E-state index is 12.4. The van der Waals surface area contributed by atoms with Crippen molar-refractivity contribution in [3.8, 4) is 11.5 Å². The first-order valence-electron chi connectivity index (χ1n) is 8.65. The molecule has 0 fully saturated rings. The summed E-state index contributed by atoms with van der Waals surface area (Å²) in [6, 6.07) is 13.8. The van der Waals surface area contributed by atoms with E-state index in [1.54, 1.807) is 24.3 Å². The predicted molar refractivity (Wildman–Crippen MR) is 101 cm³/mol. The van der Waals surface area contributed by atoms with Gasteiger partial charge in [-0.15, -0.1) is 0 Å². The first-order chi connectivity index (χ1) is 13.1. The molecule has 140 valence electrons. The summed E-state index contributed by atoms with van der Waals surface area (Å²) in [5, 5.41) is 5.25. The zero-order valence-corrected chi connectivity index (χ0v) is 15.2. The van der Waals surface area contributed by atoms with E-state index in [-0.39, 0.29) is 30.2 Å². The van der Waals surface area contributed by atoms with Gasteiger partial charge in [0.25, 0.3) is 5.91 Å². The number of rotatable bonds is 5. The van der Waals surface area contributed by atoms with Gasteiger partial charge in [-0.1, -0.05) is 18.2 Å². The fourth-order valence-electron chi connectivity index (χ4n) is 2.75. The smallest absolute Gasteiger partial charge is 0.258 e. The number of nitrogens with one attached hydrogen (secondary N) is 2. The number of carbonyl (C=O) groups is 2. The number of hydrogen-bond acceptors (Lipinski definition) is 5. The Hall–Kier alpha value is -3.35. The number of methoxy groups -OCH3 is 1. The minimum Gasteiger partial charge on any atom is -0.497 e. The van der Waals surface area contributed by atoms with Gasteiger partial charge in [-0.3, -0.25) is 20.2 Å². The Bertz CT molecular complexity index is 862. The average Bonchev–Trinajstić information content (AvgIpc) is 2.68. The van der Waals surface area contributed by atoms with Crippen molar-refractivity contribution in [2.24, 2.45) is 4.99 Å². The summed E-state index contributed by atoms with van der Waals surface area (Å²) >= 11 is 0. The monoisotopic (exact) mass is 367 g/mol. The lowest BCUT2D eigenvalue weighted by atomic mass is 10.0. The third-order valence-corrected chi connectivity index (χ3v) is 4.06. The maximum absolute atomic E-state index is 12.4. The second-order valence-electron chi connectivity index (χ2n) is 5.93. The van der Waals surface area contributed by atoms with Crippen LogP contribution in [0.15, 0.2) is 53.5 Å². The van der Waals surface area contributed by atoms with Crippen LogP contribution >= 0.6 is 0 Å². The lowest BCUT2D eigenvalue weighted by Gasteiger charge is -2.21. The second kappa shape index (κ2) is 8.35. The van der Waals surface area contributed by atoms with Gasteiger partial charge in [0.1, 0.15) is 11.5 Å². The number of ether oxygens (including phenoxy) is 2. The highest BCUT2D eigenvalue weighted by Crippen LogP contribution is 2.25. The Labute approximate surface area is 157 Å². The quantitative estimate of drug-likeness (QED) is 0.849. The molecule has 0 saturated carbocycles. The summed E-state index contributed by atoms with van der Waals surface area (Å²) < 4.78 is 10.6. The van der Waals surface area contributed by atoms with Gasteiger partial charge < -0.3 is 9.47 Å². The molecule has 1 heterocycles. The predicted octanol–water partition coefficient (Wildman–Crippen LogP) is 2.44. The van der Waals surface area contributed by atoms with E-state index in [9.17, 15) is 9.59 Å². The number of amides is 2. The third kappa shape index (κ3) is 4.63. The Kier molecular flexibility index (Phi) is 5.71. The molecule has 1 aliphatic rings. The van der Waals surface area contributed by atoms with Crippen LogP contribution in [0.2, 0.25) is 0 Å². The van der Waals surface area contributed by atoms with Crippen molar-refractivity contribution in [1.29, 1.82) is 0 Å². The molecule has 2 amide bonds. The highest BCUT2D eigenvalue weighted by Gasteiger charge is 2.24. The largest absolute Gasteiger partial charge is 0.497 e. The summed E-state index contributed by atoms with van der Waals surface area (Å²) in [6.07, 6.45) is 0.215. The van der Waals surface area contributed by atoms with Crippen LogP contribution in [-0.4, -0.2) is 31.5 Å². The van der Waals surface area contributed by atoms with E-state index in [1.165, 1.54) is 7.11 Å². The van der Waals surface area contributed by atoms with Gasteiger partial charge in [-0.05, 0) is 42.8 Å². The molecule has 0 spiro atoms. The van der Waals surface area contributed by atoms with Crippen LogP contribution in [0.3, 0.4) is 0 Å². The highest BCUT2D eigenvalue weighted by atomic mass is 16.5. The maximum Gasteiger partial charge on any atom is 0.258 e. The molecule has 0 unspecified atom stereocenters. The number of benzene rings is 2. The lowest BCUT2D eigenvalue weighted by Crippen LogP contribution is -2.47. The Morgan fingerprint density at radius 3 is 2.70 bits per heavy atom. The fourth-order valence-corrected chi connectivity index (χ4v) is 2.75. The molecule has 27 heavy (non-hydrogen) atoms. The van der Waals surface area contributed by atoms with Gasteiger partial charge in [-0.25, -0.2) is 4.99 Å². The minimum absolute atomic E-state index is 0.137.